The molecule has 1 aliphatic carbocycles. The lowest BCUT2D eigenvalue weighted by Crippen LogP contribution is -2.28. The standard InChI is InChI=1S/C18H21N3O2S/c1-21-11-9-13-4-2-6-17(16(13)12-21)20-24(22,23)18-15(14-7-8-14)5-3-10-19-18/h2-6,10,14,20H,7-9,11-12H2,1H3. The normalized spacial score (nSPS) is 18.2. The second-order valence-corrected chi connectivity index (χ2v) is 8.31. The monoisotopic (exact) mass is 343 g/mol. The van der Waals surface area contributed by atoms with Crippen LogP contribution in [0.4, 0.5) is 5.69 Å². The molecule has 5 nitrogen and oxygen atoms in total. The number of anilines is 1. The van der Waals surface area contributed by atoms with Crippen molar-refractivity contribution in [2.75, 3.05) is 18.3 Å². The van der Waals surface area contributed by atoms with Gasteiger partial charge in [-0.15, -0.1) is 0 Å². The van der Waals surface area contributed by atoms with E-state index >= 15 is 0 Å². The lowest BCUT2D eigenvalue weighted by Gasteiger charge is -2.27. The van der Waals surface area contributed by atoms with E-state index in [0.717, 1.165) is 43.5 Å². The fourth-order valence-electron chi connectivity index (χ4n) is 3.34. The van der Waals surface area contributed by atoms with Gasteiger partial charge in [0.25, 0.3) is 10.0 Å². The maximum atomic E-state index is 12.9. The Labute approximate surface area is 142 Å². The van der Waals surface area contributed by atoms with Gasteiger partial charge in [0.15, 0.2) is 5.03 Å². The first-order valence-corrected chi connectivity index (χ1v) is 9.80. The maximum Gasteiger partial charge on any atom is 0.279 e. The van der Waals surface area contributed by atoms with Crippen molar-refractivity contribution in [3.63, 3.8) is 0 Å². The number of fused-ring (bicyclic) bond motifs is 1. The molecular formula is C18H21N3O2S. The minimum absolute atomic E-state index is 0.175. The van der Waals surface area contributed by atoms with Crippen LogP contribution < -0.4 is 4.72 Å². The minimum Gasteiger partial charge on any atom is -0.302 e. The molecule has 0 unspecified atom stereocenters. The highest BCUT2D eigenvalue weighted by atomic mass is 32.2. The first-order valence-electron chi connectivity index (χ1n) is 8.31. The second kappa shape index (κ2) is 5.86. The van der Waals surface area contributed by atoms with Gasteiger partial charge in [-0.1, -0.05) is 18.2 Å². The van der Waals surface area contributed by atoms with Crippen LogP contribution in [0, 0.1) is 0 Å². The van der Waals surface area contributed by atoms with Crippen molar-refractivity contribution in [1.82, 2.24) is 9.88 Å². The van der Waals surface area contributed by atoms with E-state index in [1.807, 2.05) is 24.3 Å². The zero-order chi connectivity index (χ0) is 16.7. The highest BCUT2D eigenvalue weighted by Crippen LogP contribution is 2.42. The summed E-state index contributed by atoms with van der Waals surface area (Å²) in [4.78, 5) is 6.38. The Morgan fingerprint density at radius 2 is 2.04 bits per heavy atom. The fourth-order valence-corrected chi connectivity index (χ4v) is 4.66. The van der Waals surface area contributed by atoms with Gasteiger partial charge in [-0.3, -0.25) is 4.72 Å². The molecule has 0 radical (unpaired) electrons. The van der Waals surface area contributed by atoms with Gasteiger partial charge < -0.3 is 4.90 Å². The van der Waals surface area contributed by atoms with Gasteiger partial charge >= 0.3 is 0 Å². The molecule has 1 fully saturated rings. The first-order chi connectivity index (χ1) is 11.5. The summed E-state index contributed by atoms with van der Waals surface area (Å²) in [5, 5.41) is 0.175. The Bertz CT molecular complexity index is 876. The van der Waals surface area contributed by atoms with Gasteiger partial charge in [0.1, 0.15) is 0 Å². The smallest absolute Gasteiger partial charge is 0.279 e. The number of hydrogen-bond acceptors (Lipinski definition) is 4. The number of nitrogens with one attached hydrogen (secondary N) is 1. The summed E-state index contributed by atoms with van der Waals surface area (Å²) in [7, 11) is -1.63. The number of benzene rings is 1. The highest BCUT2D eigenvalue weighted by molar-refractivity contribution is 7.92. The lowest BCUT2D eigenvalue weighted by molar-refractivity contribution is 0.313. The van der Waals surface area contributed by atoms with Crippen LogP contribution in [-0.4, -0.2) is 31.9 Å². The number of likely N-dealkylation sites (N-methyl/N-ethyl adjacent to an activating group) is 1. The molecule has 2 aromatic rings. The predicted octanol–water partition coefficient (Wildman–Crippen LogP) is 2.75. The molecule has 2 aliphatic rings. The summed E-state index contributed by atoms with van der Waals surface area (Å²) >= 11 is 0. The van der Waals surface area contributed by atoms with Crippen molar-refractivity contribution in [1.29, 1.82) is 0 Å². The van der Waals surface area contributed by atoms with E-state index in [0.29, 0.717) is 11.6 Å². The third-order valence-electron chi connectivity index (χ3n) is 4.78. The lowest BCUT2D eigenvalue weighted by atomic mass is 9.99. The van der Waals surface area contributed by atoms with Crippen LogP contribution in [0.2, 0.25) is 0 Å². The van der Waals surface area contributed by atoms with E-state index < -0.39 is 10.0 Å². The molecule has 1 aliphatic heterocycles. The Morgan fingerprint density at radius 1 is 1.21 bits per heavy atom. The molecule has 1 saturated carbocycles. The van der Waals surface area contributed by atoms with Crippen molar-refractivity contribution in [2.24, 2.45) is 0 Å². The zero-order valence-corrected chi connectivity index (χ0v) is 14.5. The Morgan fingerprint density at radius 3 is 2.83 bits per heavy atom. The van der Waals surface area contributed by atoms with Crippen molar-refractivity contribution < 1.29 is 8.42 Å². The number of pyridine rings is 1. The van der Waals surface area contributed by atoms with E-state index in [9.17, 15) is 8.42 Å². The molecule has 2 heterocycles. The summed E-state index contributed by atoms with van der Waals surface area (Å²) < 4.78 is 28.7. The van der Waals surface area contributed by atoms with E-state index in [4.69, 9.17) is 0 Å². The predicted molar refractivity (Wildman–Crippen MR) is 93.5 cm³/mol. The third-order valence-corrected chi connectivity index (χ3v) is 6.12. The molecule has 0 atom stereocenters. The van der Waals surface area contributed by atoms with E-state index in [1.165, 1.54) is 5.56 Å². The second-order valence-electron chi connectivity index (χ2n) is 6.71. The summed E-state index contributed by atoms with van der Waals surface area (Å²) in [5.41, 5.74) is 3.80. The van der Waals surface area contributed by atoms with Gasteiger partial charge in [0.05, 0.1) is 5.69 Å². The van der Waals surface area contributed by atoms with E-state index in [-0.39, 0.29) is 5.03 Å². The molecule has 126 valence electrons. The van der Waals surface area contributed by atoms with Crippen LogP contribution in [0.3, 0.4) is 0 Å². The molecule has 4 rings (SSSR count). The van der Waals surface area contributed by atoms with Crippen LogP contribution in [0.15, 0.2) is 41.6 Å². The van der Waals surface area contributed by atoms with Crippen molar-refractivity contribution in [3.8, 4) is 0 Å². The quantitative estimate of drug-likeness (QED) is 0.927. The highest BCUT2D eigenvalue weighted by Gasteiger charge is 2.31. The summed E-state index contributed by atoms with van der Waals surface area (Å²) in [6.07, 6.45) is 4.58. The minimum atomic E-state index is -3.68. The molecule has 0 bridgehead atoms. The molecule has 1 aromatic heterocycles. The van der Waals surface area contributed by atoms with E-state index in [1.54, 1.807) is 6.20 Å². The Balaban J connectivity index is 1.71. The number of aromatic nitrogens is 1. The molecule has 0 amide bonds. The number of rotatable bonds is 4. The molecule has 24 heavy (non-hydrogen) atoms. The van der Waals surface area contributed by atoms with Crippen molar-refractivity contribution in [2.45, 2.75) is 36.8 Å². The topological polar surface area (TPSA) is 62.3 Å². The number of nitrogens with zero attached hydrogens (tertiary/aromatic N) is 2. The average molecular weight is 343 g/mol. The zero-order valence-electron chi connectivity index (χ0n) is 13.7. The van der Waals surface area contributed by atoms with Gasteiger partial charge in [-0.05, 0) is 61.1 Å². The Kier molecular flexibility index (Phi) is 3.81. The van der Waals surface area contributed by atoms with Gasteiger partial charge in [-0.2, -0.15) is 8.42 Å². The summed E-state index contributed by atoms with van der Waals surface area (Å²) in [6.45, 7) is 1.75. The van der Waals surface area contributed by atoms with Gasteiger partial charge in [0, 0.05) is 19.3 Å². The van der Waals surface area contributed by atoms with Crippen LogP contribution in [-0.2, 0) is 23.0 Å². The molecular weight excluding hydrogens is 322 g/mol. The van der Waals surface area contributed by atoms with Crippen molar-refractivity contribution in [3.05, 3.63) is 53.2 Å². The first kappa shape index (κ1) is 15.6. The molecule has 1 aromatic carbocycles. The van der Waals surface area contributed by atoms with Crippen LogP contribution in [0.5, 0.6) is 0 Å². The fraction of sp³-hybridized carbons (Fsp3) is 0.389. The maximum absolute atomic E-state index is 12.9. The van der Waals surface area contributed by atoms with Crippen molar-refractivity contribution >= 4 is 15.7 Å². The van der Waals surface area contributed by atoms with Crippen LogP contribution in [0.1, 0.15) is 35.4 Å². The number of hydrogen-bond donors (Lipinski definition) is 1. The van der Waals surface area contributed by atoms with Gasteiger partial charge in [-0.25, -0.2) is 4.98 Å². The van der Waals surface area contributed by atoms with Crippen LogP contribution >= 0.6 is 0 Å². The average Bonchev–Trinajstić information content (AvgIpc) is 3.40. The molecule has 6 heteroatoms. The molecule has 0 saturated heterocycles. The molecule has 0 spiro atoms. The van der Waals surface area contributed by atoms with Crippen LogP contribution in [0.25, 0.3) is 0 Å². The SMILES string of the molecule is CN1CCc2cccc(NS(=O)(=O)c3ncccc3C3CC3)c2C1. The van der Waals surface area contributed by atoms with Gasteiger partial charge in [0.2, 0.25) is 0 Å². The molecule has 1 N–H and O–H groups in total. The third kappa shape index (κ3) is 2.91. The van der Waals surface area contributed by atoms with E-state index in [2.05, 4.69) is 27.7 Å². The summed E-state index contributed by atoms with van der Waals surface area (Å²) in [5.74, 6) is 0.334. The number of sulfonamides is 1. The Hall–Kier alpha value is -1.92. The summed E-state index contributed by atoms with van der Waals surface area (Å²) in [6, 6.07) is 9.54. The largest absolute Gasteiger partial charge is 0.302 e.